The molecule has 8 aromatic carbocycles. The van der Waals surface area contributed by atoms with Crippen molar-refractivity contribution in [3.63, 3.8) is 0 Å². The van der Waals surface area contributed by atoms with Gasteiger partial charge in [0.05, 0.1) is 16.9 Å². The molecule has 0 unspecified atom stereocenters. The molecule has 12 aromatic rings. The van der Waals surface area contributed by atoms with Gasteiger partial charge in [-0.15, -0.1) is 24.3 Å². The number of benzene rings is 8. The van der Waals surface area contributed by atoms with E-state index in [0.29, 0.717) is 11.3 Å². The van der Waals surface area contributed by atoms with Crippen LogP contribution in [0.2, 0.25) is 0 Å². The normalized spacial score (nSPS) is 11.3. The Morgan fingerprint density at radius 3 is 1.79 bits per heavy atom. The van der Waals surface area contributed by atoms with Gasteiger partial charge in [0.15, 0.2) is 0 Å². The van der Waals surface area contributed by atoms with Crippen molar-refractivity contribution in [3.8, 4) is 89.8 Å². The number of furan rings is 1. The SMILES string of the molecule is Cc1cc(-c2c(-c3ccc4c(c3)oc3ccccc34)c3ccccc3n2-c2ccccc2)cc(-c2[c-]c(-c3cc(-c4ccccc4)cc(-c4ccc(-c5ccccc5)cc4O)n3)ccc2)n1.[Pt]. The van der Waals surface area contributed by atoms with Gasteiger partial charge in [0.25, 0.3) is 0 Å². The fourth-order valence-corrected chi connectivity index (χ4v) is 9.41. The predicted octanol–water partition coefficient (Wildman–Crippen LogP) is 15.8. The van der Waals surface area contributed by atoms with Crippen LogP contribution in [0.1, 0.15) is 5.69 Å². The van der Waals surface area contributed by atoms with Gasteiger partial charge in [-0.1, -0.05) is 151 Å². The van der Waals surface area contributed by atoms with Crippen molar-refractivity contribution in [2.45, 2.75) is 6.92 Å². The number of nitrogens with zero attached hydrogens (tertiary/aromatic N) is 3. The molecule has 0 aliphatic heterocycles. The first-order valence-corrected chi connectivity index (χ1v) is 22.1. The zero-order valence-electron chi connectivity index (χ0n) is 36.3. The maximum atomic E-state index is 11.5. The average molecular weight is 1040 g/mol. The van der Waals surface area contributed by atoms with E-state index in [1.165, 1.54) is 0 Å². The van der Waals surface area contributed by atoms with E-state index in [9.17, 15) is 5.11 Å². The first-order chi connectivity index (χ1) is 32.5. The van der Waals surface area contributed by atoms with Gasteiger partial charge < -0.3 is 14.1 Å². The van der Waals surface area contributed by atoms with E-state index >= 15 is 0 Å². The number of aryl methyl sites for hydroxylation is 1. The first-order valence-electron chi connectivity index (χ1n) is 22.1. The number of para-hydroxylation sites is 3. The zero-order chi connectivity index (χ0) is 44.1. The summed E-state index contributed by atoms with van der Waals surface area (Å²) in [6.45, 7) is 2.05. The molecule has 6 heteroatoms. The Bertz CT molecular complexity index is 3780. The van der Waals surface area contributed by atoms with Crippen LogP contribution in [0.5, 0.6) is 5.75 Å². The number of pyridine rings is 2. The van der Waals surface area contributed by atoms with Crippen LogP contribution in [0, 0.1) is 13.0 Å². The second kappa shape index (κ2) is 17.4. The maximum absolute atomic E-state index is 11.5. The van der Waals surface area contributed by atoms with E-state index in [-0.39, 0.29) is 26.8 Å². The zero-order valence-corrected chi connectivity index (χ0v) is 38.6. The average Bonchev–Trinajstić information content (AvgIpc) is 3.93. The van der Waals surface area contributed by atoms with Crippen molar-refractivity contribution in [2.24, 2.45) is 0 Å². The van der Waals surface area contributed by atoms with Crippen molar-refractivity contribution in [1.82, 2.24) is 14.5 Å². The molecule has 4 aromatic heterocycles. The van der Waals surface area contributed by atoms with Crippen LogP contribution in [-0.4, -0.2) is 19.6 Å². The topological polar surface area (TPSA) is 64.1 Å². The molecule has 0 fully saturated rings. The Hall–Kier alpha value is -8.11. The number of phenolic OH excluding ortho intramolecular Hbond substituents is 1. The molecule has 0 amide bonds. The number of aromatic hydroxyl groups is 1. The third-order valence-corrected chi connectivity index (χ3v) is 12.4. The third kappa shape index (κ3) is 7.64. The van der Waals surface area contributed by atoms with Gasteiger partial charge >= 0.3 is 0 Å². The molecular weight excluding hydrogens is 1000 g/mol. The molecule has 67 heavy (non-hydrogen) atoms. The molecule has 0 aliphatic carbocycles. The van der Waals surface area contributed by atoms with Gasteiger partial charge in [-0.2, -0.15) is 0 Å². The smallest absolute Gasteiger partial charge is 0.136 e. The Kier molecular flexibility index (Phi) is 10.8. The second-order valence-corrected chi connectivity index (χ2v) is 16.7. The largest absolute Gasteiger partial charge is 0.507 e. The molecule has 0 radical (unpaired) electrons. The van der Waals surface area contributed by atoms with Crippen LogP contribution < -0.4 is 0 Å². The van der Waals surface area contributed by atoms with Gasteiger partial charge in [-0.05, 0) is 101 Å². The van der Waals surface area contributed by atoms with Crippen LogP contribution in [0.4, 0.5) is 0 Å². The van der Waals surface area contributed by atoms with Crippen molar-refractivity contribution in [3.05, 3.63) is 230 Å². The minimum Gasteiger partial charge on any atom is -0.507 e. The monoisotopic (exact) mass is 1040 g/mol. The molecule has 0 atom stereocenters. The molecule has 1 N–H and O–H groups in total. The van der Waals surface area contributed by atoms with Crippen LogP contribution in [0.25, 0.3) is 117 Å². The van der Waals surface area contributed by atoms with E-state index < -0.39 is 0 Å². The summed E-state index contributed by atoms with van der Waals surface area (Å²) in [6.07, 6.45) is 0. The molecular formula is C61H40N3O2Pt-. The minimum atomic E-state index is 0. The van der Waals surface area contributed by atoms with E-state index in [1.54, 1.807) is 0 Å². The number of hydrogen-bond acceptors (Lipinski definition) is 4. The molecule has 12 rings (SSSR count). The number of rotatable bonds is 8. The number of fused-ring (bicyclic) bond motifs is 4. The van der Waals surface area contributed by atoms with E-state index in [4.69, 9.17) is 14.4 Å². The Morgan fingerprint density at radius 2 is 1.04 bits per heavy atom. The van der Waals surface area contributed by atoms with Crippen LogP contribution in [0.15, 0.2) is 223 Å². The van der Waals surface area contributed by atoms with Gasteiger partial charge in [-0.3, -0.25) is 9.97 Å². The first kappa shape index (κ1) is 41.6. The van der Waals surface area contributed by atoms with E-state index in [0.717, 1.165) is 111 Å². The van der Waals surface area contributed by atoms with Crippen molar-refractivity contribution < 1.29 is 30.6 Å². The maximum Gasteiger partial charge on any atom is 0.136 e. The molecule has 0 saturated heterocycles. The summed E-state index contributed by atoms with van der Waals surface area (Å²) in [5.74, 6) is 0.166. The fraction of sp³-hybridized carbons (Fsp3) is 0.0164. The Balaban J connectivity index is 0.00000494. The molecule has 5 nitrogen and oxygen atoms in total. The Morgan fingerprint density at radius 1 is 0.448 bits per heavy atom. The van der Waals surface area contributed by atoms with Gasteiger partial charge in [-0.25, -0.2) is 0 Å². The third-order valence-electron chi connectivity index (χ3n) is 12.4. The van der Waals surface area contributed by atoms with Crippen LogP contribution in [0.3, 0.4) is 0 Å². The summed E-state index contributed by atoms with van der Waals surface area (Å²) in [5, 5.41) is 14.8. The Labute approximate surface area is 402 Å². The molecule has 0 spiro atoms. The van der Waals surface area contributed by atoms with Crippen molar-refractivity contribution in [2.75, 3.05) is 0 Å². The minimum absolute atomic E-state index is 0. The quantitative estimate of drug-likeness (QED) is 0.154. The fourth-order valence-electron chi connectivity index (χ4n) is 9.41. The summed E-state index contributed by atoms with van der Waals surface area (Å²) in [6, 6.07) is 78.5. The predicted molar refractivity (Wildman–Crippen MR) is 269 cm³/mol. The number of aromatic nitrogens is 3. The molecule has 0 aliphatic rings. The van der Waals surface area contributed by atoms with Gasteiger partial charge in [0, 0.05) is 71.1 Å². The van der Waals surface area contributed by atoms with Gasteiger partial charge in [0.2, 0.25) is 0 Å². The summed E-state index contributed by atoms with van der Waals surface area (Å²) in [5.41, 5.74) is 17.5. The summed E-state index contributed by atoms with van der Waals surface area (Å²) >= 11 is 0. The van der Waals surface area contributed by atoms with Gasteiger partial charge in [0.1, 0.15) is 16.9 Å². The van der Waals surface area contributed by atoms with Crippen molar-refractivity contribution >= 4 is 32.8 Å². The summed E-state index contributed by atoms with van der Waals surface area (Å²) < 4.78 is 8.83. The van der Waals surface area contributed by atoms with Crippen LogP contribution >= 0.6 is 0 Å². The number of hydrogen-bond donors (Lipinski definition) is 1. The van der Waals surface area contributed by atoms with Crippen LogP contribution in [-0.2, 0) is 21.1 Å². The number of phenols is 1. The molecule has 0 saturated carbocycles. The molecule has 322 valence electrons. The summed E-state index contributed by atoms with van der Waals surface area (Å²) in [4.78, 5) is 10.4. The second-order valence-electron chi connectivity index (χ2n) is 16.7. The summed E-state index contributed by atoms with van der Waals surface area (Å²) in [7, 11) is 0. The van der Waals surface area contributed by atoms with Crippen molar-refractivity contribution in [1.29, 1.82) is 0 Å². The van der Waals surface area contributed by atoms with E-state index in [2.05, 4.69) is 139 Å². The standard InChI is InChI=1S/C61H40N3O2.Pt/c1-39-32-47(61-60(45-29-30-50-49-24-12-14-27-58(49)66-59(50)38-45)52-25-11-13-26-56(52)64(61)48-22-9-4-10-23-48)36-53(62-39)43-20-15-21-44(33-43)54-34-46(41-18-7-3-8-19-41)35-55(63-54)51-31-28-42(37-57(51)65)40-16-5-2-6-17-40;/h2-32,34-38,65H,1H3;/q-1;. The molecule has 4 heterocycles. The van der Waals surface area contributed by atoms with E-state index in [1.807, 2.05) is 97.1 Å². The molecule has 0 bridgehead atoms.